The molecule has 2 saturated heterocycles. The van der Waals surface area contributed by atoms with Crippen LogP contribution in [0, 0.1) is 5.92 Å². The van der Waals surface area contributed by atoms with Gasteiger partial charge >= 0.3 is 0 Å². The van der Waals surface area contributed by atoms with Gasteiger partial charge in [0.1, 0.15) is 0 Å². The van der Waals surface area contributed by atoms with E-state index in [2.05, 4.69) is 5.32 Å². The van der Waals surface area contributed by atoms with Gasteiger partial charge in [-0.2, -0.15) is 0 Å². The molecule has 92 valence electrons. The number of rotatable bonds is 3. The first-order valence-electron chi connectivity index (χ1n) is 6.39. The number of nitrogens with one attached hydrogen (secondary N) is 1. The average Bonchev–Trinajstić information content (AvgIpc) is 2.83. The number of piperidine rings is 1. The summed E-state index contributed by atoms with van der Waals surface area (Å²) in [4.78, 5) is 14.0. The van der Waals surface area contributed by atoms with Crippen LogP contribution in [0.15, 0.2) is 0 Å². The van der Waals surface area contributed by atoms with Gasteiger partial charge in [-0.15, -0.1) is 0 Å². The molecule has 0 aliphatic carbocycles. The zero-order valence-corrected chi connectivity index (χ0v) is 9.75. The standard InChI is InChI=1S/C12H21FN2O/c13-6-3-10-4-8-15(9-5-10)12(16)11-2-1-7-14-11/h10-11,14H,1-9H2. The Labute approximate surface area is 96.4 Å². The molecular weight excluding hydrogens is 207 g/mol. The van der Waals surface area contributed by atoms with Gasteiger partial charge in [0.25, 0.3) is 0 Å². The molecule has 3 nitrogen and oxygen atoms in total. The number of hydrogen-bond acceptors (Lipinski definition) is 2. The van der Waals surface area contributed by atoms with Gasteiger partial charge < -0.3 is 10.2 Å². The second-order valence-corrected chi connectivity index (χ2v) is 4.90. The highest BCUT2D eigenvalue weighted by Gasteiger charge is 2.29. The van der Waals surface area contributed by atoms with Crippen molar-refractivity contribution in [1.82, 2.24) is 10.2 Å². The molecule has 0 aromatic carbocycles. The van der Waals surface area contributed by atoms with Gasteiger partial charge in [0.2, 0.25) is 5.91 Å². The van der Waals surface area contributed by atoms with Crippen molar-refractivity contribution in [2.45, 2.75) is 38.1 Å². The maximum Gasteiger partial charge on any atom is 0.239 e. The molecule has 1 atom stereocenters. The molecule has 16 heavy (non-hydrogen) atoms. The van der Waals surface area contributed by atoms with Gasteiger partial charge in [0, 0.05) is 13.1 Å². The summed E-state index contributed by atoms with van der Waals surface area (Å²) in [5.41, 5.74) is 0. The number of carbonyl (C=O) groups excluding carboxylic acids is 1. The first-order valence-corrected chi connectivity index (χ1v) is 6.39. The van der Waals surface area contributed by atoms with E-state index >= 15 is 0 Å². The summed E-state index contributed by atoms with van der Waals surface area (Å²) < 4.78 is 12.2. The third kappa shape index (κ3) is 2.73. The third-order valence-corrected chi connectivity index (χ3v) is 3.80. The van der Waals surface area contributed by atoms with Crippen LogP contribution >= 0.6 is 0 Å². The molecule has 2 rings (SSSR count). The second kappa shape index (κ2) is 5.62. The Hall–Kier alpha value is -0.640. The Morgan fingerprint density at radius 1 is 1.31 bits per heavy atom. The molecule has 1 amide bonds. The lowest BCUT2D eigenvalue weighted by molar-refractivity contribution is -0.134. The Morgan fingerprint density at radius 2 is 2.06 bits per heavy atom. The number of hydrogen-bond donors (Lipinski definition) is 1. The smallest absolute Gasteiger partial charge is 0.239 e. The minimum atomic E-state index is -0.219. The van der Waals surface area contributed by atoms with Crippen molar-refractivity contribution >= 4 is 5.91 Å². The highest BCUT2D eigenvalue weighted by molar-refractivity contribution is 5.82. The fourth-order valence-electron chi connectivity index (χ4n) is 2.71. The number of nitrogens with zero attached hydrogens (tertiary/aromatic N) is 1. The van der Waals surface area contributed by atoms with E-state index < -0.39 is 0 Å². The number of amides is 1. The lowest BCUT2D eigenvalue weighted by atomic mass is 9.94. The van der Waals surface area contributed by atoms with E-state index in [9.17, 15) is 9.18 Å². The SMILES string of the molecule is O=C(C1CCCN1)N1CCC(CCF)CC1. The van der Waals surface area contributed by atoms with E-state index in [1.54, 1.807) is 0 Å². The van der Waals surface area contributed by atoms with Gasteiger partial charge in [-0.3, -0.25) is 9.18 Å². The minimum Gasteiger partial charge on any atom is -0.341 e. The van der Waals surface area contributed by atoms with Crippen LogP contribution in [0.5, 0.6) is 0 Å². The Morgan fingerprint density at radius 3 is 2.62 bits per heavy atom. The molecule has 0 bridgehead atoms. The summed E-state index contributed by atoms with van der Waals surface area (Å²) in [6.07, 6.45) is 4.70. The minimum absolute atomic E-state index is 0.0534. The summed E-state index contributed by atoms with van der Waals surface area (Å²) in [6, 6.07) is 0.0534. The van der Waals surface area contributed by atoms with Crippen molar-refractivity contribution < 1.29 is 9.18 Å². The monoisotopic (exact) mass is 228 g/mol. The van der Waals surface area contributed by atoms with E-state index in [-0.39, 0.29) is 18.6 Å². The molecule has 1 N–H and O–H groups in total. The van der Waals surface area contributed by atoms with Crippen molar-refractivity contribution in [2.24, 2.45) is 5.92 Å². The van der Waals surface area contributed by atoms with Gasteiger partial charge in [0.05, 0.1) is 12.7 Å². The molecule has 0 radical (unpaired) electrons. The zero-order valence-electron chi connectivity index (χ0n) is 9.75. The second-order valence-electron chi connectivity index (χ2n) is 4.90. The molecule has 1 unspecified atom stereocenters. The maximum atomic E-state index is 12.2. The van der Waals surface area contributed by atoms with Crippen LogP contribution in [0.25, 0.3) is 0 Å². The van der Waals surface area contributed by atoms with Crippen LogP contribution in [-0.2, 0) is 4.79 Å². The van der Waals surface area contributed by atoms with Crippen LogP contribution in [0.2, 0.25) is 0 Å². The Bertz CT molecular complexity index is 233. The fourth-order valence-corrected chi connectivity index (χ4v) is 2.71. The summed E-state index contributed by atoms with van der Waals surface area (Å²) in [5, 5.41) is 3.24. The first-order chi connectivity index (χ1) is 7.81. The van der Waals surface area contributed by atoms with E-state index in [1.165, 1.54) is 0 Å². The molecule has 2 aliphatic rings. The van der Waals surface area contributed by atoms with Crippen LogP contribution in [-0.4, -0.2) is 43.2 Å². The van der Waals surface area contributed by atoms with E-state index in [1.807, 2.05) is 4.90 Å². The molecule has 2 heterocycles. The van der Waals surface area contributed by atoms with Crippen LogP contribution in [0.3, 0.4) is 0 Å². The Balaban J connectivity index is 1.77. The van der Waals surface area contributed by atoms with Crippen molar-refractivity contribution in [3.8, 4) is 0 Å². The van der Waals surface area contributed by atoms with Gasteiger partial charge in [-0.25, -0.2) is 0 Å². The summed E-state index contributed by atoms with van der Waals surface area (Å²) in [5.74, 6) is 0.752. The Kier molecular flexibility index (Phi) is 4.16. The lowest BCUT2D eigenvalue weighted by Gasteiger charge is -2.33. The number of alkyl halides is 1. The molecule has 0 aromatic heterocycles. The summed E-state index contributed by atoms with van der Waals surface area (Å²) >= 11 is 0. The highest BCUT2D eigenvalue weighted by Crippen LogP contribution is 2.21. The number of carbonyl (C=O) groups is 1. The van der Waals surface area contributed by atoms with Crippen molar-refractivity contribution in [1.29, 1.82) is 0 Å². The average molecular weight is 228 g/mol. The predicted molar refractivity (Wildman–Crippen MR) is 60.9 cm³/mol. The third-order valence-electron chi connectivity index (χ3n) is 3.80. The first kappa shape index (κ1) is 11.8. The largest absolute Gasteiger partial charge is 0.341 e. The lowest BCUT2D eigenvalue weighted by Crippen LogP contribution is -2.47. The van der Waals surface area contributed by atoms with Crippen molar-refractivity contribution in [3.05, 3.63) is 0 Å². The van der Waals surface area contributed by atoms with Crippen LogP contribution < -0.4 is 5.32 Å². The topological polar surface area (TPSA) is 32.3 Å². The number of likely N-dealkylation sites (tertiary alicyclic amines) is 1. The fraction of sp³-hybridized carbons (Fsp3) is 0.917. The van der Waals surface area contributed by atoms with Crippen molar-refractivity contribution in [3.63, 3.8) is 0 Å². The molecule has 0 saturated carbocycles. The van der Waals surface area contributed by atoms with E-state index in [0.29, 0.717) is 12.3 Å². The van der Waals surface area contributed by atoms with E-state index in [4.69, 9.17) is 0 Å². The maximum absolute atomic E-state index is 12.2. The molecule has 2 fully saturated rings. The summed E-state index contributed by atoms with van der Waals surface area (Å²) in [6.45, 7) is 2.39. The van der Waals surface area contributed by atoms with E-state index in [0.717, 1.165) is 45.3 Å². The van der Waals surface area contributed by atoms with Gasteiger partial charge in [0.15, 0.2) is 0 Å². The van der Waals surface area contributed by atoms with Crippen LogP contribution in [0.4, 0.5) is 4.39 Å². The zero-order chi connectivity index (χ0) is 11.4. The van der Waals surface area contributed by atoms with Crippen LogP contribution in [0.1, 0.15) is 32.1 Å². The molecule has 0 aromatic rings. The number of halogens is 1. The molecule has 4 heteroatoms. The molecule has 2 aliphatic heterocycles. The normalized spacial score (nSPS) is 27.3. The van der Waals surface area contributed by atoms with Gasteiger partial charge in [-0.05, 0) is 44.6 Å². The van der Waals surface area contributed by atoms with Crippen molar-refractivity contribution in [2.75, 3.05) is 26.3 Å². The quantitative estimate of drug-likeness (QED) is 0.790. The van der Waals surface area contributed by atoms with Gasteiger partial charge in [-0.1, -0.05) is 0 Å². The molecular formula is C12H21FN2O. The highest BCUT2D eigenvalue weighted by atomic mass is 19.1. The summed E-state index contributed by atoms with van der Waals surface area (Å²) in [7, 11) is 0. The predicted octanol–water partition coefficient (Wildman–Crippen LogP) is 1.34. The molecule has 0 spiro atoms.